The molecule has 0 saturated carbocycles. The third-order valence-corrected chi connectivity index (χ3v) is 2.51. The van der Waals surface area contributed by atoms with Gasteiger partial charge in [0.15, 0.2) is 4.91 Å². The van der Waals surface area contributed by atoms with Crippen molar-refractivity contribution in [3.8, 4) is 0 Å². The van der Waals surface area contributed by atoms with E-state index in [9.17, 15) is 18.0 Å². The number of rotatable bonds is 2. The Kier molecular flexibility index (Phi) is 1.92. The Morgan fingerprint density at radius 3 is 2.23 bits per heavy atom. The first-order valence-corrected chi connectivity index (χ1v) is 4.38. The highest BCUT2D eigenvalue weighted by Crippen LogP contribution is 2.16. The number of primary amides is 1. The number of sulfonamides is 1. The Labute approximate surface area is 72.6 Å². The number of carbonyl (C=O) groups is 2. The molecular weight excluding hydrogens is 200 g/mol. The Balaban J connectivity index is 3.28. The van der Waals surface area contributed by atoms with Crippen molar-refractivity contribution >= 4 is 27.6 Å². The quantitative estimate of drug-likeness (QED) is 0.549. The van der Waals surface area contributed by atoms with Crippen LogP contribution in [0.2, 0.25) is 0 Å². The second-order valence-electron chi connectivity index (χ2n) is 2.13. The minimum absolute atomic E-state index is 0.572. The van der Waals surface area contributed by atoms with Gasteiger partial charge in [-0.25, -0.2) is 4.79 Å². The molecule has 0 bridgehead atoms. The van der Waals surface area contributed by atoms with E-state index < -0.39 is 32.5 Å². The third-order valence-electron chi connectivity index (χ3n) is 1.23. The molecule has 0 aromatic carbocycles. The largest absolute Gasteiger partial charge is 0.477 e. The summed E-state index contributed by atoms with van der Waals surface area (Å²) in [6, 6.07) is 0. The predicted molar refractivity (Wildman–Crippen MR) is 41.3 cm³/mol. The lowest BCUT2D eigenvalue weighted by Gasteiger charge is -1.89. The zero-order valence-electron chi connectivity index (χ0n) is 6.09. The van der Waals surface area contributed by atoms with Crippen LogP contribution in [0.4, 0.5) is 0 Å². The van der Waals surface area contributed by atoms with Crippen molar-refractivity contribution in [1.29, 1.82) is 0 Å². The second-order valence-corrected chi connectivity index (χ2v) is 3.70. The van der Waals surface area contributed by atoms with Gasteiger partial charge in [-0.2, -0.15) is 12.8 Å². The lowest BCUT2D eigenvalue weighted by atomic mass is 10.3. The maximum Gasteiger partial charge on any atom is 0.349 e. The summed E-state index contributed by atoms with van der Waals surface area (Å²) in [5, 5.41) is 8.38. The fourth-order valence-corrected chi connectivity index (χ4v) is 1.67. The molecule has 0 spiro atoms. The molecule has 0 unspecified atom stereocenters. The van der Waals surface area contributed by atoms with E-state index in [1.807, 2.05) is 0 Å². The molecule has 8 heteroatoms. The number of aliphatic carboxylic acids is 1. The predicted octanol–water partition coefficient (Wildman–Crippen LogP) is -1.78. The van der Waals surface area contributed by atoms with Crippen LogP contribution in [0.5, 0.6) is 0 Å². The number of amides is 1. The average Bonchev–Trinajstić information content (AvgIpc) is 2.25. The molecule has 1 aliphatic rings. The van der Waals surface area contributed by atoms with Gasteiger partial charge in [-0.05, 0) is 6.08 Å². The summed E-state index contributed by atoms with van der Waals surface area (Å²) < 4.78 is 24.6. The molecule has 3 N–H and O–H groups in total. The van der Waals surface area contributed by atoms with E-state index in [0.717, 1.165) is 0 Å². The molecule has 13 heavy (non-hydrogen) atoms. The van der Waals surface area contributed by atoms with Gasteiger partial charge in [0.1, 0.15) is 5.71 Å². The van der Waals surface area contributed by atoms with E-state index in [4.69, 9.17) is 10.8 Å². The third kappa shape index (κ3) is 1.56. The second kappa shape index (κ2) is 2.66. The molecule has 1 heterocycles. The smallest absolute Gasteiger partial charge is 0.349 e. The van der Waals surface area contributed by atoms with E-state index in [0.29, 0.717) is 6.08 Å². The van der Waals surface area contributed by atoms with Gasteiger partial charge >= 0.3 is 5.97 Å². The summed E-state index contributed by atoms with van der Waals surface area (Å²) in [5.74, 6) is -2.75. The van der Waals surface area contributed by atoms with Crippen molar-refractivity contribution in [2.45, 2.75) is 0 Å². The van der Waals surface area contributed by atoms with Crippen LogP contribution in [0.1, 0.15) is 0 Å². The highest BCUT2D eigenvalue weighted by atomic mass is 32.2. The fourth-order valence-electron chi connectivity index (χ4n) is 0.692. The van der Waals surface area contributed by atoms with Gasteiger partial charge in [-0.3, -0.25) is 4.79 Å². The summed E-state index contributed by atoms with van der Waals surface area (Å²) in [6.45, 7) is 0. The van der Waals surface area contributed by atoms with E-state index in [1.165, 1.54) is 0 Å². The standard InChI is InChI=1S/C5H4N2O5S/c6-4(8)2-1-3(5(9)10)13(11,12)7-2/h1H,(H2,6,8)(H,9,10). The molecule has 0 aromatic heterocycles. The molecular formula is C5H4N2O5S. The van der Waals surface area contributed by atoms with Crippen LogP contribution in [0.25, 0.3) is 0 Å². The molecule has 0 atom stereocenters. The van der Waals surface area contributed by atoms with E-state index in [2.05, 4.69) is 4.40 Å². The van der Waals surface area contributed by atoms with Gasteiger partial charge in [0.05, 0.1) is 0 Å². The molecule has 70 valence electrons. The van der Waals surface area contributed by atoms with Crippen molar-refractivity contribution in [3.63, 3.8) is 0 Å². The zero-order valence-corrected chi connectivity index (χ0v) is 6.91. The van der Waals surface area contributed by atoms with Crippen molar-refractivity contribution in [2.75, 3.05) is 0 Å². The SMILES string of the molecule is NC(=O)C1=NS(=O)(=O)C(C(=O)O)=C1. The Morgan fingerprint density at radius 2 is 2.00 bits per heavy atom. The van der Waals surface area contributed by atoms with E-state index in [-0.39, 0.29) is 0 Å². The van der Waals surface area contributed by atoms with Crippen LogP contribution in [-0.2, 0) is 19.6 Å². The van der Waals surface area contributed by atoms with Crippen LogP contribution in [0.15, 0.2) is 15.4 Å². The molecule has 0 radical (unpaired) electrons. The number of carbonyl (C=O) groups excluding carboxylic acids is 1. The maximum atomic E-state index is 10.9. The summed E-state index contributed by atoms with van der Waals surface area (Å²) in [5.41, 5.74) is 4.14. The summed E-state index contributed by atoms with van der Waals surface area (Å²) in [6.07, 6.45) is 0.625. The van der Waals surface area contributed by atoms with Gasteiger partial charge in [-0.1, -0.05) is 0 Å². The number of hydrogen-bond donors (Lipinski definition) is 2. The minimum atomic E-state index is -4.23. The molecule has 0 fully saturated rings. The van der Waals surface area contributed by atoms with E-state index >= 15 is 0 Å². The lowest BCUT2D eigenvalue weighted by molar-refractivity contribution is -0.131. The van der Waals surface area contributed by atoms with Crippen molar-refractivity contribution in [1.82, 2.24) is 0 Å². The molecule has 1 aliphatic heterocycles. The van der Waals surface area contributed by atoms with Crippen molar-refractivity contribution in [2.24, 2.45) is 10.1 Å². The van der Waals surface area contributed by atoms with Crippen LogP contribution >= 0.6 is 0 Å². The molecule has 1 amide bonds. The molecule has 0 aliphatic carbocycles. The van der Waals surface area contributed by atoms with Crippen LogP contribution in [-0.4, -0.2) is 31.1 Å². The number of carboxylic acid groups (broad SMARTS) is 1. The van der Waals surface area contributed by atoms with Crippen molar-refractivity contribution < 1.29 is 23.1 Å². The monoisotopic (exact) mass is 204 g/mol. The fraction of sp³-hybridized carbons (Fsp3) is 0. The zero-order chi connectivity index (χ0) is 10.2. The molecule has 0 aromatic rings. The molecule has 0 saturated heterocycles. The van der Waals surface area contributed by atoms with Crippen LogP contribution in [0, 0.1) is 0 Å². The van der Waals surface area contributed by atoms with Crippen LogP contribution < -0.4 is 5.73 Å². The Bertz CT molecular complexity index is 444. The summed E-state index contributed by atoms with van der Waals surface area (Å²) >= 11 is 0. The van der Waals surface area contributed by atoms with Crippen LogP contribution in [0.3, 0.4) is 0 Å². The van der Waals surface area contributed by atoms with Gasteiger partial charge in [0.25, 0.3) is 15.9 Å². The maximum absolute atomic E-state index is 10.9. The lowest BCUT2D eigenvalue weighted by Crippen LogP contribution is -2.20. The first kappa shape index (κ1) is 9.39. The Hall–Kier alpha value is -1.70. The number of carboxylic acids is 1. The first-order chi connectivity index (χ1) is 5.84. The minimum Gasteiger partial charge on any atom is -0.477 e. The van der Waals surface area contributed by atoms with Gasteiger partial charge in [0.2, 0.25) is 0 Å². The summed E-state index contributed by atoms with van der Waals surface area (Å²) in [4.78, 5) is 19.8. The molecule has 7 nitrogen and oxygen atoms in total. The van der Waals surface area contributed by atoms with Gasteiger partial charge in [0, 0.05) is 0 Å². The topological polar surface area (TPSA) is 127 Å². The highest BCUT2D eigenvalue weighted by molar-refractivity contribution is 7.95. The molecule has 1 rings (SSSR count). The van der Waals surface area contributed by atoms with Gasteiger partial charge in [-0.15, -0.1) is 0 Å². The normalized spacial score (nSPS) is 19.1. The first-order valence-electron chi connectivity index (χ1n) is 2.94. The van der Waals surface area contributed by atoms with E-state index in [1.54, 1.807) is 0 Å². The van der Waals surface area contributed by atoms with Crippen molar-refractivity contribution in [3.05, 3.63) is 11.0 Å². The average molecular weight is 204 g/mol. The summed E-state index contributed by atoms with van der Waals surface area (Å²) in [7, 11) is -4.23. The number of nitrogens with two attached hydrogens (primary N) is 1. The number of nitrogens with zero attached hydrogens (tertiary/aromatic N) is 1. The number of hydrogen-bond acceptors (Lipinski definition) is 4. The Morgan fingerprint density at radius 1 is 1.46 bits per heavy atom. The highest BCUT2D eigenvalue weighted by Gasteiger charge is 2.31. The van der Waals surface area contributed by atoms with Gasteiger partial charge < -0.3 is 10.8 Å².